The molecule has 1 unspecified atom stereocenters. The van der Waals surface area contributed by atoms with Crippen LogP contribution in [0.2, 0.25) is 0 Å². The Balaban J connectivity index is 1.64. The summed E-state index contributed by atoms with van der Waals surface area (Å²) in [5.74, 6) is 0.757. The van der Waals surface area contributed by atoms with Crippen molar-refractivity contribution in [3.63, 3.8) is 0 Å². The molecular formula is C28H33N3O3. The number of hydrogen-bond acceptors (Lipinski definition) is 4. The average molecular weight is 460 g/mol. The van der Waals surface area contributed by atoms with Crippen molar-refractivity contribution in [3.8, 4) is 0 Å². The van der Waals surface area contributed by atoms with Gasteiger partial charge in [-0.05, 0) is 60.7 Å². The molecule has 1 saturated carbocycles. The first-order chi connectivity index (χ1) is 16.5. The Bertz CT molecular complexity index is 1110. The van der Waals surface area contributed by atoms with Gasteiger partial charge in [0.25, 0.3) is 0 Å². The highest BCUT2D eigenvalue weighted by Crippen LogP contribution is 2.32. The van der Waals surface area contributed by atoms with Crippen LogP contribution in [0.25, 0.3) is 0 Å². The molecule has 3 aromatic rings. The molecule has 1 aromatic heterocycles. The van der Waals surface area contributed by atoms with Crippen molar-refractivity contribution in [2.24, 2.45) is 5.92 Å². The first-order valence-electron chi connectivity index (χ1n) is 11.9. The predicted octanol–water partition coefficient (Wildman–Crippen LogP) is 5.42. The van der Waals surface area contributed by atoms with Crippen LogP contribution in [0.15, 0.2) is 71.3 Å². The van der Waals surface area contributed by atoms with Gasteiger partial charge in [0, 0.05) is 37.9 Å². The number of rotatable bonds is 10. The largest absolute Gasteiger partial charge is 0.467 e. The van der Waals surface area contributed by atoms with Crippen LogP contribution in [0, 0.1) is 5.92 Å². The second-order valence-corrected chi connectivity index (χ2v) is 9.15. The lowest BCUT2D eigenvalue weighted by molar-refractivity contribution is -0.134. The quantitative estimate of drug-likeness (QED) is 0.440. The van der Waals surface area contributed by atoms with E-state index >= 15 is 0 Å². The van der Waals surface area contributed by atoms with Gasteiger partial charge in [0.15, 0.2) is 0 Å². The van der Waals surface area contributed by atoms with E-state index in [2.05, 4.69) is 5.32 Å². The number of hydrogen-bond donors (Lipinski definition) is 1. The molecule has 34 heavy (non-hydrogen) atoms. The van der Waals surface area contributed by atoms with Gasteiger partial charge in [0.05, 0.1) is 18.7 Å². The van der Waals surface area contributed by atoms with Crippen molar-refractivity contribution in [2.75, 3.05) is 24.3 Å². The molecule has 1 heterocycles. The van der Waals surface area contributed by atoms with Gasteiger partial charge in [-0.2, -0.15) is 0 Å². The third-order valence-corrected chi connectivity index (χ3v) is 6.28. The minimum Gasteiger partial charge on any atom is -0.467 e. The first-order valence-corrected chi connectivity index (χ1v) is 11.9. The summed E-state index contributed by atoms with van der Waals surface area (Å²) in [6, 6.07) is 19.6. The third kappa shape index (κ3) is 5.68. The van der Waals surface area contributed by atoms with Crippen LogP contribution < -0.4 is 10.2 Å². The van der Waals surface area contributed by atoms with Crippen LogP contribution >= 0.6 is 0 Å². The maximum Gasteiger partial charge on any atom is 0.230 e. The summed E-state index contributed by atoms with van der Waals surface area (Å²) in [5.41, 5.74) is 3.76. The molecule has 0 spiro atoms. The molecule has 178 valence electrons. The molecule has 0 radical (unpaired) electrons. The van der Waals surface area contributed by atoms with E-state index in [1.54, 1.807) is 6.26 Å². The summed E-state index contributed by atoms with van der Waals surface area (Å²) in [5, 5.41) is 3.04. The zero-order valence-corrected chi connectivity index (χ0v) is 20.2. The van der Waals surface area contributed by atoms with Crippen LogP contribution in [0.1, 0.15) is 49.0 Å². The molecule has 0 aliphatic heterocycles. The summed E-state index contributed by atoms with van der Waals surface area (Å²) in [6.45, 7) is 2.82. The predicted molar refractivity (Wildman–Crippen MR) is 135 cm³/mol. The Morgan fingerprint density at radius 1 is 1.03 bits per heavy atom. The summed E-state index contributed by atoms with van der Waals surface area (Å²) < 4.78 is 5.60. The lowest BCUT2D eigenvalue weighted by Gasteiger charge is -2.29. The zero-order valence-electron chi connectivity index (χ0n) is 20.2. The maximum atomic E-state index is 13.8. The lowest BCUT2D eigenvalue weighted by atomic mass is 9.94. The van der Waals surface area contributed by atoms with Gasteiger partial charge in [-0.3, -0.25) is 9.59 Å². The van der Waals surface area contributed by atoms with Crippen LogP contribution in [0.4, 0.5) is 11.4 Å². The van der Waals surface area contributed by atoms with Gasteiger partial charge in [-0.1, -0.05) is 37.3 Å². The van der Waals surface area contributed by atoms with E-state index in [9.17, 15) is 9.59 Å². The van der Waals surface area contributed by atoms with Crippen LogP contribution in [-0.4, -0.2) is 30.8 Å². The standard InChI is InChI=1S/C28H33N3O3/c1-4-25(20-9-6-5-7-10-20)28(33)31(19-24-11-8-16-34-24)18-22-17-23(14-15-26(22)30(2)3)29-27(32)21-12-13-21/h5-11,14-17,21,25H,4,12-13,18-19H2,1-3H3,(H,29,32). The number of amides is 2. The van der Waals surface area contributed by atoms with Crippen molar-refractivity contribution in [1.82, 2.24) is 4.90 Å². The van der Waals surface area contributed by atoms with E-state index in [0.29, 0.717) is 19.5 Å². The van der Waals surface area contributed by atoms with Crippen LogP contribution in [0.3, 0.4) is 0 Å². The third-order valence-electron chi connectivity index (χ3n) is 6.28. The van der Waals surface area contributed by atoms with E-state index in [0.717, 1.165) is 41.1 Å². The topological polar surface area (TPSA) is 65.8 Å². The van der Waals surface area contributed by atoms with Gasteiger partial charge >= 0.3 is 0 Å². The highest BCUT2D eigenvalue weighted by Gasteiger charge is 2.30. The summed E-state index contributed by atoms with van der Waals surface area (Å²) in [6.07, 6.45) is 4.25. The molecule has 2 amide bonds. The molecule has 4 rings (SSSR count). The number of carbonyl (C=O) groups excluding carboxylic acids is 2. The Kier molecular flexibility index (Phi) is 7.36. The van der Waals surface area contributed by atoms with E-state index in [1.165, 1.54) is 0 Å². The summed E-state index contributed by atoms with van der Waals surface area (Å²) >= 11 is 0. The number of carbonyl (C=O) groups is 2. The second-order valence-electron chi connectivity index (χ2n) is 9.15. The van der Waals surface area contributed by atoms with Crippen LogP contribution in [-0.2, 0) is 22.7 Å². The number of nitrogens with one attached hydrogen (secondary N) is 1. The molecule has 2 aromatic carbocycles. The summed E-state index contributed by atoms with van der Waals surface area (Å²) in [7, 11) is 3.97. The highest BCUT2D eigenvalue weighted by molar-refractivity contribution is 5.94. The summed E-state index contributed by atoms with van der Waals surface area (Å²) in [4.78, 5) is 30.1. The van der Waals surface area contributed by atoms with Gasteiger partial charge in [-0.15, -0.1) is 0 Å². The van der Waals surface area contributed by atoms with Crippen molar-refractivity contribution in [3.05, 3.63) is 83.8 Å². The molecule has 1 aliphatic carbocycles. The minimum absolute atomic E-state index is 0.0576. The Hall–Kier alpha value is -3.54. The second kappa shape index (κ2) is 10.6. The van der Waals surface area contributed by atoms with Crippen molar-refractivity contribution >= 4 is 23.2 Å². The SMILES string of the molecule is CCC(C(=O)N(Cc1ccco1)Cc1cc(NC(=O)C2CC2)ccc1N(C)C)c1ccccc1. The molecule has 6 heteroatoms. The molecule has 1 fully saturated rings. The van der Waals surface area contributed by atoms with Gasteiger partial charge < -0.3 is 19.5 Å². The fourth-order valence-corrected chi connectivity index (χ4v) is 4.28. The van der Waals surface area contributed by atoms with Crippen LogP contribution in [0.5, 0.6) is 0 Å². The fourth-order valence-electron chi connectivity index (χ4n) is 4.28. The Morgan fingerprint density at radius 3 is 2.41 bits per heavy atom. The van der Waals surface area contributed by atoms with Gasteiger partial charge in [0.2, 0.25) is 11.8 Å². The molecule has 1 aliphatic rings. The smallest absolute Gasteiger partial charge is 0.230 e. The molecule has 1 N–H and O–H groups in total. The van der Waals surface area contributed by atoms with Gasteiger partial charge in [0.1, 0.15) is 5.76 Å². The molecular weight excluding hydrogens is 426 g/mol. The Labute approximate surface area is 201 Å². The first kappa shape index (κ1) is 23.6. The van der Waals surface area contributed by atoms with Crippen molar-refractivity contribution in [2.45, 2.75) is 45.2 Å². The molecule has 1 atom stereocenters. The number of anilines is 2. The van der Waals surface area contributed by atoms with Crippen molar-refractivity contribution < 1.29 is 14.0 Å². The number of furan rings is 1. The minimum atomic E-state index is -0.239. The number of nitrogens with zero attached hydrogens (tertiary/aromatic N) is 2. The van der Waals surface area contributed by atoms with E-state index in [1.807, 2.05) is 91.5 Å². The zero-order chi connectivity index (χ0) is 24.1. The monoisotopic (exact) mass is 459 g/mol. The maximum absolute atomic E-state index is 13.8. The molecule has 6 nitrogen and oxygen atoms in total. The van der Waals surface area contributed by atoms with Gasteiger partial charge in [-0.25, -0.2) is 0 Å². The average Bonchev–Trinajstić information content (AvgIpc) is 3.57. The Morgan fingerprint density at radius 2 is 1.79 bits per heavy atom. The normalized spacial score (nSPS) is 13.9. The van der Waals surface area contributed by atoms with E-state index in [4.69, 9.17) is 4.42 Å². The highest BCUT2D eigenvalue weighted by atomic mass is 16.3. The van der Waals surface area contributed by atoms with E-state index < -0.39 is 0 Å². The van der Waals surface area contributed by atoms with Crippen molar-refractivity contribution in [1.29, 1.82) is 0 Å². The molecule has 0 bridgehead atoms. The number of benzene rings is 2. The molecule has 0 saturated heterocycles. The van der Waals surface area contributed by atoms with E-state index in [-0.39, 0.29) is 23.7 Å². The fraction of sp³-hybridized carbons (Fsp3) is 0.357. The lowest BCUT2D eigenvalue weighted by Crippen LogP contribution is -2.34.